The first-order valence-corrected chi connectivity index (χ1v) is 8.86. The molecule has 16 heavy (non-hydrogen) atoms. The highest BCUT2D eigenvalue weighted by atomic mass is 33.1. The minimum absolute atomic E-state index is 0.114. The Labute approximate surface area is 102 Å². The molecule has 0 amide bonds. The van der Waals surface area contributed by atoms with Gasteiger partial charge in [-0.05, 0) is 12.8 Å². The van der Waals surface area contributed by atoms with Crippen LogP contribution < -0.4 is 0 Å². The lowest BCUT2D eigenvalue weighted by molar-refractivity contribution is 0.282. The zero-order valence-corrected chi connectivity index (χ0v) is 11.2. The van der Waals surface area contributed by atoms with Crippen molar-refractivity contribution in [1.29, 1.82) is 0 Å². The summed E-state index contributed by atoms with van der Waals surface area (Å²) >= 11 is 0. The minimum Gasteiger partial charge on any atom is -0.396 e. The Hall–Kier alpha value is 0.220. The molecule has 0 aliphatic heterocycles. The third-order valence-corrected chi connectivity index (χ3v) is 5.98. The van der Waals surface area contributed by atoms with Crippen LogP contribution in [-0.4, -0.2) is 43.4 Å². The number of rotatable bonds is 11. The molecule has 0 heterocycles. The van der Waals surface area contributed by atoms with Gasteiger partial charge in [0.25, 0.3) is 0 Å². The van der Waals surface area contributed by atoms with Crippen molar-refractivity contribution in [3.63, 3.8) is 0 Å². The molecule has 0 rings (SSSR count). The highest BCUT2D eigenvalue weighted by Crippen LogP contribution is 2.06. The predicted octanol–water partition coefficient (Wildman–Crippen LogP) is 0.724. The molecule has 0 aromatic carbocycles. The van der Waals surface area contributed by atoms with Crippen LogP contribution in [0.2, 0.25) is 0 Å². The molecule has 2 unspecified atom stereocenters. The van der Waals surface area contributed by atoms with Gasteiger partial charge in [0.2, 0.25) is 0 Å². The van der Waals surface area contributed by atoms with Crippen molar-refractivity contribution in [2.24, 2.45) is 0 Å². The summed E-state index contributed by atoms with van der Waals surface area (Å²) in [5.74, 6) is 0.579. The van der Waals surface area contributed by atoms with Gasteiger partial charge in [0.15, 0.2) is 0 Å². The highest BCUT2D eigenvalue weighted by Gasteiger charge is 2.07. The second-order valence-corrected chi connectivity index (χ2v) is 7.85. The summed E-state index contributed by atoms with van der Waals surface area (Å²) < 4.78 is 22.5. The Balaban J connectivity index is 3.31. The van der Waals surface area contributed by atoms with Crippen molar-refractivity contribution in [3.05, 3.63) is 0 Å². The molecule has 2 N–H and O–H groups in total. The van der Waals surface area contributed by atoms with Crippen LogP contribution in [-0.2, 0) is 19.7 Å². The van der Waals surface area contributed by atoms with Crippen molar-refractivity contribution < 1.29 is 18.6 Å². The largest absolute Gasteiger partial charge is 0.396 e. The first-order chi connectivity index (χ1) is 7.72. The Bertz CT molecular complexity index is 209. The predicted molar refractivity (Wildman–Crippen MR) is 67.9 cm³/mol. The van der Waals surface area contributed by atoms with E-state index in [1.807, 2.05) is 0 Å². The number of aliphatic hydroxyl groups is 2. The van der Waals surface area contributed by atoms with Gasteiger partial charge in [-0.3, -0.25) is 0 Å². The molecule has 6 heteroatoms. The fourth-order valence-corrected chi connectivity index (χ4v) is 3.95. The van der Waals surface area contributed by atoms with E-state index in [1.54, 1.807) is 0 Å². The van der Waals surface area contributed by atoms with Gasteiger partial charge in [0.05, 0.1) is 12.4 Å². The smallest absolute Gasteiger partial charge is 0.113 e. The number of aliphatic hydroxyl groups excluding tert-OH is 2. The lowest BCUT2D eigenvalue weighted by atomic mass is 10.1. The maximum absolute atomic E-state index is 11.3. The Kier molecular flexibility index (Phi) is 11.9. The van der Waals surface area contributed by atoms with Crippen molar-refractivity contribution in [2.75, 3.05) is 24.7 Å². The molecule has 0 radical (unpaired) electrons. The first-order valence-electron chi connectivity index (χ1n) is 5.71. The van der Waals surface area contributed by atoms with Crippen molar-refractivity contribution in [2.45, 2.75) is 38.5 Å². The zero-order chi connectivity index (χ0) is 12.2. The summed E-state index contributed by atoms with van der Waals surface area (Å²) in [6.45, 7) is 0.0870. The number of hydrogen-bond donors (Lipinski definition) is 2. The van der Waals surface area contributed by atoms with E-state index in [4.69, 9.17) is 10.2 Å². The van der Waals surface area contributed by atoms with Gasteiger partial charge >= 0.3 is 0 Å². The second-order valence-electron chi connectivity index (χ2n) is 3.58. The van der Waals surface area contributed by atoms with E-state index in [0.29, 0.717) is 5.75 Å². The van der Waals surface area contributed by atoms with Gasteiger partial charge < -0.3 is 10.2 Å². The summed E-state index contributed by atoms with van der Waals surface area (Å²) in [4.78, 5) is 0. The van der Waals surface area contributed by atoms with Crippen LogP contribution in [0.15, 0.2) is 0 Å². The molecule has 0 bridgehead atoms. The summed E-state index contributed by atoms with van der Waals surface area (Å²) in [6, 6.07) is 0. The zero-order valence-electron chi connectivity index (χ0n) is 9.60. The molecule has 0 aliphatic rings. The van der Waals surface area contributed by atoms with E-state index in [9.17, 15) is 8.42 Å². The second kappa shape index (κ2) is 11.7. The maximum atomic E-state index is 11.3. The molecule has 0 aromatic rings. The quantitative estimate of drug-likeness (QED) is 0.428. The van der Waals surface area contributed by atoms with Crippen LogP contribution in [0.5, 0.6) is 0 Å². The van der Waals surface area contributed by atoms with Crippen molar-refractivity contribution in [1.82, 2.24) is 0 Å². The number of hydrogen-bond acceptors (Lipinski definition) is 4. The molecule has 4 nitrogen and oxygen atoms in total. The summed E-state index contributed by atoms with van der Waals surface area (Å²) in [5, 5.41) is 17.1. The van der Waals surface area contributed by atoms with Gasteiger partial charge in [0, 0.05) is 12.4 Å². The average molecular weight is 270 g/mol. The van der Waals surface area contributed by atoms with E-state index in [1.165, 1.54) is 0 Å². The fourth-order valence-electron chi connectivity index (χ4n) is 1.30. The monoisotopic (exact) mass is 270 g/mol. The first kappa shape index (κ1) is 16.2. The standard InChI is InChI=1S/C10H22O4S2/c11-7-5-3-1-2-4-6-9-15(13)16(14)10-8-12/h11-12H,1-10H2. The SMILES string of the molecule is O=S(CCO)S(=O)CCCCCCCCO. The molecule has 0 saturated carbocycles. The molecular formula is C10H22O4S2. The topological polar surface area (TPSA) is 74.6 Å². The summed E-state index contributed by atoms with van der Waals surface area (Å²) in [5.41, 5.74) is 0. The lowest BCUT2D eigenvalue weighted by Gasteiger charge is -2.01. The van der Waals surface area contributed by atoms with Crippen LogP contribution >= 0.6 is 0 Å². The van der Waals surface area contributed by atoms with E-state index >= 15 is 0 Å². The van der Waals surface area contributed by atoms with Gasteiger partial charge in [-0.25, -0.2) is 8.42 Å². The molecule has 0 aromatic heterocycles. The third-order valence-electron chi connectivity index (χ3n) is 2.18. The lowest BCUT2D eigenvalue weighted by Crippen LogP contribution is -2.10. The maximum Gasteiger partial charge on any atom is 0.113 e. The Morgan fingerprint density at radius 3 is 1.69 bits per heavy atom. The van der Waals surface area contributed by atoms with Gasteiger partial charge in [-0.15, -0.1) is 0 Å². The van der Waals surface area contributed by atoms with Gasteiger partial charge in [0.1, 0.15) is 19.7 Å². The summed E-state index contributed by atoms with van der Waals surface area (Å²) in [6.07, 6.45) is 5.87. The van der Waals surface area contributed by atoms with Crippen molar-refractivity contribution in [3.8, 4) is 0 Å². The molecule has 0 aliphatic carbocycles. The van der Waals surface area contributed by atoms with Gasteiger partial charge in [-0.2, -0.15) is 0 Å². The highest BCUT2D eigenvalue weighted by molar-refractivity contribution is 8.61. The van der Waals surface area contributed by atoms with Crippen LogP contribution in [0.4, 0.5) is 0 Å². The minimum atomic E-state index is -1.39. The fraction of sp³-hybridized carbons (Fsp3) is 1.00. The Morgan fingerprint density at radius 1 is 0.625 bits per heavy atom. The Morgan fingerprint density at radius 2 is 1.12 bits per heavy atom. The third kappa shape index (κ3) is 9.45. The van der Waals surface area contributed by atoms with Crippen molar-refractivity contribution >= 4 is 19.7 Å². The molecular weight excluding hydrogens is 248 g/mol. The molecule has 0 saturated heterocycles. The number of unbranched alkanes of at least 4 members (excludes halogenated alkanes) is 5. The normalized spacial score (nSPS) is 14.9. The molecule has 0 spiro atoms. The molecule has 2 atom stereocenters. The van der Waals surface area contributed by atoms with Crippen LogP contribution in [0.25, 0.3) is 0 Å². The van der Waals surface area contributed by atoms with Crippen LogP contribution in [0.3, 0.4) is 0 Å². The van der Waals surface area contributed by atoms with Crippen LogP contribution in [0.1, 0.15) is 38.5 Å². The molecule has 0 fully saturated rings. The summed E-state index contributed by atoms with van der Waals surface area (Å²) in [7, 11) is -2.69. The van der Waals surface area contributed by atoms with E-state index in [-0.39, 0.29) is 19.0 Å². The molecule has 98 valence electrons. The van der Waals surface area contributed by atoms with Gasteiger partial charge in [-0.1, -0.05) is 25.7 Å². The van der Waals surface area contributed by atoms with E-state index in [2.05, 4.69) is 0 Å². The van der Waals surface area contributed by atoms with E-state index in [0.717, 1.165) is 38.5 Å². The van der Waals surface area contributed by atoms with E-state index < -0.39 is 19.7 Å². The average Bonchev–Trinajstić information content (AvgIpc) is 2.28. The van der Waals surface area contributed by atoms with Crippen LogP contribution in [0, 0.1) is 0 Å².